The zero-order chi connectivity index (χ0) is 15.3. The lowest BCUT2D eigenvalue weighted by atomic mass is 9.78. The maximum Gasteiger partial charge on any atom is 0.269 e. The van der Waals surface area contributed by atoms with Gasteiger partial charge in [-0.05, 0) is 37.2 Å². The highest BCUT2D eigenvalue weighted by molar-refractivity contribution is 5.32. The fourth-order valence-electron chi connectivity index (χ4n) is 2.97. The van der Waals surface area contributed by atoms with Crippen molar-refractivity contribution in [3.05, 3.63) is 39.9 Å². The van der Waals surface area contributed by atoms with Crippen LogP contribution < -0.4 is 5.32 Å². The number of benzene rings is 1. The Hall–Kier alpha value is -1.46. The van der Waals surface area contributed by atoms with Crippen LogP contribution in [-0.2, 0) is 6.54 Å². The summed E-state index contributed by atoms with van der Waals surface area (Å²) in [5.41, 5.74) is 0.508. The summed E-state index contributed by atoms with van der Waals surface area (Å²) in [6.07, 6.45) is 5.13. The van der Waals surface area contributed by atoms with Crippen LogP contribution in [0, 0.1) is 16.0 Å². The molecule has 0 aliphatic heterocycles. The van der Waals surface area contributed by atoms with Crippen molar-refractivity contribution in [3.8, 4) is 0 Å². The van der Waals surface area contributed by atoms with Crippen molar-refractivity contribution in [3.63, 3.8) is 0 Å². The van der Waals surface area contributed by atoms with E-state index >= 15 is 0 Å². The van der Waals surface area contributed by atoms with Gasteiger partial charge in [-0.25, -0.2) is 0 Å². The van der Waals surface area contributed by atoms with Gasteiger partial charge in [0.05, 0.1) is 10.5 Å². The van der Waals surface area contributed by atoms with E-state index < -0.39 is 10.5 Å². The van der Waals surface area contributed by atoms with E-state index in [1.807, 2.05) is 0 Å². The van der Waals surface area contributed by atoms with Crippen molar-refractivity contribution in [2.45, 2.75) is 51.2 Å². The Kier molecular flexibility index (Phi) is 5.31. The Morgan fingerprint density at radius 1 is 1.33 bits per heavy atom. The van der Waals surface area contributed by atoms with Gasteiger partial charge in [-0.15, -0.1) is 0 Å². The molecule has 1 aliphatic carbocycles. The van der Waals surface area contributed by atoms with Gasteiger partial charge in [-0.3, -0.25) is 10.1 Å². The molecule has 0 spiro atoms. The number of nitrogens with zero attached hydrogens (tertiary/aromatic N) is 1. The maximum absolute atomic E-state index is 10.6. The van der Waals surface area contributed by atoms with E-state index in [9.17, 15) is 15.2 Å². The molecule has 1 aliphatic rings. The molecule has 2 rings (SSSR count). The Bertz CT molecular complexity index is 465. The van der Waals surface area contributed by atoms with Gasteiger partial charge in [-0.1, -0.05) is 25.5 Å². The number of hydrogen-bond acceptors (Lipinski definition) is 4. The molecule has 2 N–H and O–H groups in total. The topological polar surface area (TPSA) is 75.4 Å². The average molecular weight is 292 g/mol. The first kappa shape index (κ1) is 15.9. The second kappa shape index (κ2) is 7.00. The zero-order valence-corrected chi connectivity index (χ0v) is 12.5. The number of hydrogen-bond donors (Lipinski definition) is 2. The summed E-state index contributed by atoms with van der Waals surface area (Å²) in [7, 11) is 0. The van der Waals surface area contributed by atoms with E-state index in [0.29, 0.717) is 13.1 Å². The molecule has 1 saturated carbocycles. The highest BCUT2D eigenvalue weighted by Crippen LogP contribution is 2.33. The van der Waals surface area contributed by atoms with Crippen LogP contribution in [0.4, 0.5) is 5.69 Å². The van der Waals surface area contributed by atoms with Crippen LogP contribution in [0.3, 0.4) is 0 Å². The molecule has 21 heavy (non-hydrogen) atoms. The molecule has 0 unspecified atom stereocenters. The van der Waals surface area contributed by atoms with Crippen LogP contribution >= 0.6 is 0 Å². The molecule has 0 amide bonds. The molecular formula is C16H24N2O3. The van der Waals surface area contributed by atoms with Gasteiger partial charge in [-0.2, -0.15) is 0 Å². The van der Waals surface area contributed by atoms with Crippen molar-refractivity contribution >= 4 is 5.69 Å². The SMILES string of the molecule is CCC1CCC(O)(CNCc2ccc([N+](=O)[O-])cc2)CC1. The first-order valence-corrected chi connectivity index (χ1v) is 7.69. The first-order valence-electron chi connectivity index (χ1n) is 7.69. The van der Waals surface area contributed by atoms with Crippen LogP contribution in [0.25, 0.3) is 0 Å². The van der Waals surface area contributed by atoms with Crippen LogP contribution in [-0.4, -0.2) is 22.2 Å². The van der Waals surface area contributed by atoms with E-state index in [1.165, 1.54) is 18.6 Å². The second-order valence-electron chi connectivity index (χ2n) is 6.10. The molecule has 1 aromatic carbocycles. The molecule has 1 aromatic rings. The minimum atomic E-state index is -0.591. The molecule has 0 heterocycles. The van der Waals surface area contributed by atoms with Gasteiger partial charge in [0.15, 0.2) is 0 Å². The maximum atomic E-state index is 10.6. The van der Waals surface area contributed by atoms with E-state index in [-0.39, 0.29) is 5.69 Å². The zero-order valence-electron chi connectivity index (χ0n) is 12.5. The van der Waals surface area contributed by atoms with Crippen molar-refractivity contribution in [2.24, 2.45) is 5.92 Å². The lowest BCUT2D eigenvalue weighted by molar-refractivity contribution is -0.384. The molecule has 0 bridgehead atoms. The Balaban J connectivity index is 1.77. The molecule has 5 heteroatoms. The molecule has 0 saturated heterocycles. The Morgan fingerprint density at radius 2 is 1.95 bits per heavy atom. The average Bonchev–Trinajstić information content (AvgIpc) is 2.48. The van der Waals surface area contributed by atoms with Crippen molar-refractivity contribution in [1.82, 2.24) is 5.32 Å². The normalized spacial score (nSPS) is 25.7. The third kappa shape index (κ3) is 4.51. The van der Waals surface area contributed by atoms with Crippen molar-refractivity contribution in [2.75, 3.05) is 6.54 Å². The standard InChI is InChI=1S/C16H24N2O3/c1-2-13-7-9-16(19,10-8-13)12-17-11-14-3-5-15(6-4-14)18(20)21/h3-6,13,17,19H,2,7-12H2,1H3. The van der Waals surface area contributed by atoms with Crippen molar-refractivity contribution in [1.29, 1.82) is 0 Å². The highest BCUT2D eigenvalue weighted by atomic mass is 16.6. The lowest BCUT2D eigenvalue weighted by Crippen LogP contribution is -2.43. The Labute approximate surface area is 125 Å². The van der Waals surface area contributed by atoms with Gasteiger partial charge in [0, 0.05) is 25.2 Å². The van der Waals surface area contributed by atoms with Gasteiger partial charge in [0.1, 0.15) is 0 Å². The minimum Gasteiger partial charge on any atom is -0.389 e. The second-order valence-corrected chi connectivity index (χ2v) is 6.10. The first-order chi connectivity index (χ1) is 10.0. The molecule has 0 atom stereocenters. The fraction of sp³-hybridized carbons (Fsp3) is 0.625. The third-order valence-corrected chi connectivity index (χ3v) is 4.54. The molecule has 0 aromatic heterocycles. The van der Waals surface area contributed by atoms with E-state index in [1.54, 1.807) is 12.1 Å². The molecule has 5 nitrogen and oxygen atoms in total. The molecule has 1 fully saturated rings. The van der Waals surface area contributed by atoms with Crippen LogP contribution in [0.1, 0.15) is 44.6 Å². The molecule has 0 radical (unpaired) electrons. The lowest BCUT2D eigenvalue weighted by Gasteiger charge is -2.36. The number of nitrogens with one attached hydrogen (secondary N) is 1. The summed E-state index contributed by atoms with van der Waals surface area (Å²) < 4.78 is 0. The minimum absolute atomic E-state index is 0.107. The predicted molar refractivity (Wildman–Crippen MR) is 82.0 cm³/mol. The summed E-state index contributed by atoms with van der Waals surface area (Å²) in [5.74, 6) is 0.764. The fourth-order valence-corrected chi connectivity index (χ4v) is 2.97. The van der Waals surface area contributed by atoms with Crippen molar-refractivity contribution < 1.29 is 10.0 Å². The molecular weight excluding hydrogens is 268 g/mol. The predicted octanol–water partition coefficient (Wildman–Crippen LogP) is 3.02. The van der Waals surface area contributed by atoms with Gasteiger partial charge < -0.3 is 10.4 Å². The van der Waals surface area contributed by atoms with Crippen LogP contribution in [0.5, 0.6) is 0 Å². The Morgan fingerprint density at radius 3 is 2.48 bits per heavy atom. The monoisotopic (exact) mass is 292 g/mol. The summed E-state index contributed by atoms with van der Waals surface area (Å²) in [4.78, 5) is 10.2. The summed E-state index contributed by atoms with van der Waals surface area (Å²) in [6, 6.07) is 6.53. The quantitative estimate of drug-likeness (QED) is 0.624. The van der Waals surface area contributed by atoms with E-state index in [0.717, 1.165) is 37.2 Å². The van der Waals surface area contributed by atoms with E-state index in [2.05, 4.69) is 12.2 Å². The number of non-ortho nitro benzene ring substituents is 1. The van der Waals surface area contributed by atoms with Gasteiger partial charge >= 0.3 is 0 Å². The number of rotatable bonds is 6. The summed E-state index contributed by atoms with van der Waals surface area (Å²) >= 11 is 0. The number of nitro benzene ring substituents is 1. The van der Waals surface area contributed by atoms with Gasteiger partial charge in [0.2, 0.25) is 0 Å². The summed E-state index contributed by atoms with van der Waals surface area (Å²) in [6.45, 7) is 3.42. The summed E-state index contributed by atoms with van der Waals surface area (Å²) in [5, 5.41) is 24.4. The number of aliphatic hydroxyl groups is 1. The van der Waals surface area contributed by atoms with Crippen LogP contribution in [0.2, 0.25) is 0 Å². The van der Waals surface area contributed by atoms with Crippen LogP contribution in [0.15, 0.2) is 24.3 Å². The largest absolute Gasteiger partial charge is 0.389 e. The number of nitro groups is 1. The van der Waals surface area contributed by atoms with Gasteiger partial charge in [0.25, 0.3) is 5.69 Å². The third-order valence-electron chi connectivity index (χ3n) is 4.54. The van der Waals surface area contributed by atoms with E-state index in [4.69, 9.17) is 0 Å². The smallest absolute Gasteiger partial charge is 0.269 e. The highest BCUT2D eigenvalue weighted by Gasteiger charge is 2.31. The molecule has 116 valence electrons.